The average Bonchev–Trinajstić information content (AvgIpc) is 3.19. The number of anilines is 3. The number of ether oxygens (including phenoxy) is 2. The van der Waals surface area contributed by atoms with Crippen LogP contribution in [0.5, 0.6) is 11.5 Å². The summed E-state index contributed by atoms with van der Waals surface area (Å²) in [4.78, 5) is 6.84. The second-order valence-electron chi connectivity index (χ2n) is 6.18. The highest BCUT2D eigenvalue weighted by atomic mass is 16.5. The maximum atomic E-state index is 5.94. The monoisotopic (exact) mass is 358 g/mol. The van der Waals surface area contributed by atoms with Crippen molar-refractivity contribution in [2.75, 3.05) is 51.0 Å². The SMILES string of the molecule is CNc1cc(Nc2cc(OCCCN3CCCC3)c(OC)cn2)cnn1. The normalized spacial score (nSPS) is 14.2. The van der Waals surface area contributed by atoms with Gasteiger partial charge in [0.1, 0.15) is 11.6 Å². The molecule has 1 aliphatic rings. The summed E-state index contributed by atoms with van der Waals surface area (Å²) >= 11 is 0. The Morgan fingerprint density at radius 1 is 1.12 bits per heavy atom. The number of nitrogens with zero attached hydrogens (tertiary/aromatic N) is 4. The Labute approximate surface area is 153 Å². The molecular formula is C18H26N6O2. The number of rotatable bonds is 9. The lowest BCUT2D eigenvalue weighted by Crippen LogP contribution is -2.21. The van der Waals surface area contributed by atoms with Crippen molar-refractivity contribution in [1.29, 1.82) is 0 Å². The lowest BCUT2D eigenvalue weighted by molar-refractivity contribution is 0.254. The lowest BCUT2D eigenvalue weighted by Gasteiger charge is -2.16. The molecule has 0 unspecified atom stereocenters. The molecule has 0 amide bonds. The van der Waals surface area contributed by atoms with Crippen molar-refractivity contribution in [1.82, 2.24) is 20.1 Å². The fraction of sp³-hybridized carbons (Fsp3) is 0.500. The molecule has 2 aromatic heterocycles. The number of hydrogen-bond acceptors (Lipinski definition) is 8. The van der Waals surface area contributed by atoms with E-state index in [1.165, 1.54) is 25.9 Å². The molecule has 8 heteroatoms. The standard InChI is InChI=1S/C18H26N6O2/c1-19-17-10-14(12-21-23-17)22-18-11-15(16(25-2)13-20-18)26-9-5-8-24-6-3-4-7-24/h10-13H,3-9H2,1-2H3,(H2,19,20,22,23). The van der Waals surface area contributed by atoms with Crippen molar-refractivity contribution in [2.45, 2.75) is 19.3 Å². The topological polar surface area (TPSA) is 84.4 Å². The van der Waals surface area contributed by atoms with E-state index in [-0.39, 0.29) is 0 Å². The van der Waals surface area contributed by atoms with Gasteiger partial charge >= 0.3 is 0 Å². The molecule has 3 rings (SSSR count). The van der Waals surface area contributed by atoms with Crippen LogP contribution in [0.25, 0.3) is 0 Å². The maximum Gasteiger partial charge on any atom is 0.179 e. The maximum absolute atomic E-state index is 5.94. The third-order valence-electron chi connectivity index (χ3n) is 4.31. The van der Waals surface area contributed by atoms with E-state index in [2.05, 4.69) is 30.7 Å². The molecular weight excluding hydrogens is 332 g/mol. The summed E-state index contributed by atoms with van der Waals surface area (Å²) in [7, 11) is 3.42. The average molecular weight is 358 g/mol. The zero-order chi connectivity index (χ0) is 18.2. The molecule has 0 aromatic carbocycles. The van der Waals surface area contributed by atoms with Gasteiger partial charge in [0.15, 0.2) is 11.5 Å². The number of pyridine rings is 1. The minimum atomic E-state index is 0.625. The predicted octanol–water partition coefficient (Wildman–Crippen LogP) is 2.53. The molecule has 0 spiro atoms. The van der Waals surface area contributed by atoms with E-state index in [4.69, 9.17) is 9.47 Å². The second-order valence-corrected chi connectivity index (χ2v) is 6.18. The van der Waals surface area contributed by atoms with Gasteiger partial charge in [-0.05, 0) is 32.4 Å². The third-order valence-corrected chi connectivity index (χ3v) is 4.31. The van der Waals surface area contributed by atoms with Crippen LogP contribution in [0.15, 0.2) is 24.5 Å². The van der Waals surface area contributed by atoms with Crippen molar-refractivity contribution in [3.63, 3.8) is 0 Å². The highest BCUT2D eigenvalue weighted by Crippen LogP contribution is 2.29. The minimum Gasteiger partial charge on any atom is -0.491 e. The summed E-state index contributed by atoms with van der Waals surface area (Å²) in [6.45, 7) is 4.15. The fourth-order valence-electron chi connectivity index (χ4n) is 2.94. The smallest absolute Gasteiger partial charge is 0.179 e. The van der Waals surface area contributed by atoms with Crippen LogP contribution in [0.3, 0.4) is 0 Å². The van der Waals surface area contributed by atoms with Gasteiger partial charge in [-0.25, -0.2) is 4.98 Å². The van der Waals surface area contributed by atoms with Crippen LogP contribution in [0.4, 0.5) is 17.3 Å². The summed E-state index contributed by atoms with van der Waals surface area (Å²) in [5.74, 6) is 2.65. The molecule has 2 N–H and O–H groups in total. The largest absolute Gasteiger partial charge is 0.491 e. The summed E-state index contributed by atoms with van der Waals surface area (Å²) in [6, 6.07) is 3.70. The molecule has 140 valence electrons. The van der Waals surface area contributed by atoms with E-state index in [1.807, 2.05) is 12.1 Å². The van der Waals surface area contributed by atoms with Crippen molar-refractivity contribution in [2.24, 2.45) is 0 Å². The highest BCUT2D eigenvalue weighted by Gasteiger charge is 2.12. The first kappa shape index (κ1) is 18.2. The number of methoxy groups -OCH3 is 1. The fourth-order valence-corrected chi connectivity index (χ4v) is 2.94. The first-order valence-electron chi connectivity index (χ1n) is 8.95. The van der Waals surface area contributed by atoms with Gasteiger partial charge in [-0.15, -0.1) is 5.10 Å². The van der Waals surface area contributed by atoms with Gasteiger partial charge in [0.05, 0.1) is 31.8 Å². The molecule has 1 fully saturated rings. The van der Waals surface area contributed by atoms with Gasteiger partial charge in [0.25, 0.3) is 0 Å². The molecule has 26 heavy (non-hydrogen) atoms. The van der Waals surface area contributed by atoms with Crippen molar-refractivity contribution in [3.05, 3.63) is 24.5 Å². The van der Waals surface area contributed by atoms with Gasteiger partial charge in [-0.2, -0.15) is 5.10 Å². The molecule has 0 saturated carbocycles. The Morgan fingerprint density at radius 2 is 1.96 bits per heavy atom. The molecule has 0 aliphatic carbocycles. The van der Waals surface area contributed by atoms with Crippen molar-refractivity contribution >= 4 is 17.3 Å². The van der Waals surface area contributed by atoms with Crippen LogP contribution in [-0.4, -0.2) is 60.5 Å². The van der Waals surface area contributed by atoms with Crippen LogP contribution >= 0.6 is 0 Å². The Morgan fingerprint density at radius 3 is 2.73 bits per heavy atom. The van der Waals surface area contributed by atoms with E-state index in [1.54, 1.807) is 26.6 Å². The molecule has 3 heterocycles. The van der Waals surface area contributed by atoms with Gasteiger partial charge in [-0.3, -0.25) is 0 Å². The summed E-state index contributed by atoms with van der Waals surface area (Å²) in [5, 5.41) is 14.1. The number of aromatic nitrogens is 3. The van der Waals surface area contributed by atoms with E-state index in [0.717, 1.165) is 18.7 Å². The number of likely N-dealkylation sites (tertiary alicyclic amines) is 1. The van der Waals surface area contributed by atoms with E-state index in [0.29, 0.717) is 29.7 Å². The molecule has 1 saturated heterocycles. The summed E-state index contributed by atoms with van der Waals surface area (Å²) < 4.78 is 11.3. The zero-order valence-electron chi connectivity index (χ0n) is 15.4. The van der Waals surface area contributed by atoms with Gasteiger partial charge in [0.2, 0.25) is 0 Å². The Kier molecular flexibility index (Phi) is 6.43. The van der Waals surface area contributed by atoms with E-state index >= 15 is 0 Å². The summed E-state index contributed by atoms with van der Waals surface area (Å²) in [6.07, 6.45) is 6.92. The Balaban J connectivity index is 1.59. The summed E-state index contributed by atoms with van der Waals surface area (Å²) in [5.41, 5.74) is 0.794. The van der Waals surface area contributed by atoms with E-state index < -0.39 is 0 Å². The van der Waals surface area contributed by atoms with Crippen LogP contribution in [0, 0.1) is 0 Å². The molecule has 8 nitrogen and oxygen atoms in total. The van der Waals surface area contributed by atoms with Crippen molar-refractivity contribution < 1.29 is 9.47 Å². The first-order chi connectivity index (χ1) is 12.8. The minimum absolute atomic E-state index is 0.625. The predicted molar refractivity (Wildman–Crippen MR) is 101 cm³/mol. The van der Waals surface area contributed by atoms with Crippen LogP contribution in [0.2, 0.25) is 0 Å². The molecule has 0 atom stereocenters. The van der Waals surface area contributed by atoms with Gasteiger partial charge in [0, 0.05) is 25.7 Å². The Hall–Kier alpha value is -2.61. The molecule has 0 radical (unpaired) electrons. The molecule has 1 aliphatic heterocycles. The van der Waals surface area contributed by atoms with E-state index in [9.17, 15) is 0 Å². The van der Waals surface area contributed by atoms with Gasteiger partial charge < -0.3 is 25.0 Å². The third kappa shape index (κ3) is 4.95. The second kappa shape index (κ2) is 9.19. The molecule has 0 bridgehead atoms. The van der Waals surface area contributed by atoms with Gasteiger partial charge in [-0.1, -0.05) is 0 Å². The quantitative estimate of drug-likeness (QED) is 0.662. The Bertz CT molecular complexity index is 706. The lowest BCUT2D eigenvalue weighted by atomic mass is 10.3. The van der Waals surface area contributed by atoms with Crippen LogP contribution < -0.4 is 20.1 Å². The zero-order valence-corrected chi connectivity index (χ0v) is 15.4. The number of hydrogen-bond donors (Lipinski definition) is 2. The molecule has 2 aromatic rings. The van der Waals surface area contributed by atoms with Crippen LogP contribution in [-0.2, 0) is 0 Å². The van der Waals surface area contributed by atoms with Crippen LogP contribution in [0.1, 0.15) is 19.3 Å². The number of nitrogens with one attached hydrogen (secondary N) is 2. The van der Waals surface area contributed by atoms with Crippen molar-refractivity contribution in [3.8, 4) is 11.5 Å². The highest BCUT2D eigenvalue weighted by molar-refractivity contribution is 5.61. The first-order valence-corrected chi connectivity index (χ1v) is 8.95.